The minimum Gasteiger partial charge on any atom is -0.346 e. The molecule has 0 bridgehead atoms. The van der Waals surface area contributed by atoms with Gasteiger partial charge in [-0.15, -0.1) is 0 Å². The maximum Gasteiger partial charge on any atom is 0.329 e. The third kappa shape index (κ3) is 3.29. The smallest absolute Gasteiger partial charge is 0.329 e. The number of aryl methyl sites for hydroxylation is 2. The highest BCUT2D eigenvalue weighted by molar-refractivity contribution is 6.13. The van der Waals surface area contributed by atoms with Gasteiger partial charge in [0.25, 0.3) is 5.91 Å². The average molecular weight is 351 g/mol. The Morgan fingerprint density at radius 2 is 1.73 bits per heavy atom. The van der Waals surface area contributed by atoms with Crippen molar-refractivity contribution in [3.63, 3.8) is 0 Å². The lowest BCUT2D eigenvalue weighted by atomic mass is 10.1. The summed E-state index contributed by atoms with van der Waals surface area (Å²) in [4.78, 5) is 26.2. The van der Waals surface area contributed by atoms with Gasteiger partial charge in [-0.05, 0) is 57.9 Å². The van der Waals surface area contributed by atoms with Crippen molar-refractivity contribution >= 4 is 18.0 Å². The Morgan fingerprint density at radius 1 is 1.08 bits per heavy atom. The van der Waals surface area contributed by atoms with Gasteiger partial charge in [-0.2, -0.15) is 0 Å². The number of nitrogens with one attached hydrogen (secondary N) is 1. The number of aromatic nitrogens is 1. The number of amides is 3. The van der Waals surface area contributed by atoms with Crippen LogP contribution in [0.5, 0.6) is 0 Å². The van der Waals surface area contributed by atoms with E-state index in [-0.39, 0.29) is 18.5 Å². The molecule has 1 saturated heterocycles. The molecule has 2 aromatic rings. The highest BCUT2D eigenvalue weighted by Crippen LogP contribution is 2.24. The van der Waals surface area contributed by atoms with Crippen LogP contribution in [-0.2, 0) is 11.3 Å². The fraction of sp³-hybridized carbons (Fsp3) is 0.333. The summed E-state index contributed by atoms with van der Waals surface area (Å²) < 4.78 is 2.22. The van der Waals surface area contributed by atoms with Gasteiger partial charge < -0.3 is 9.88 Å². The second-order valence-electron chi connectivity index (χ2n) is 7.16. The Bertz CT molecular complexity index is 889. The first-order chi connectivity index (χ1) is 12.3. The molecule has 26 heavy (non-hydrogen) atoms. The SMILES string of the molecule is Cc1ccc(CN2C(=O)N/C(=C/c3cc(C)n(C(C)C)c3C)C2=O)cc1. The molecule has 0 saturated carbocycles. The number of hydrogen-bond donors (Lipinski definition) is 1. The van der Waals surface area contributed by atoms with Crippen LogP contribution in [-0.4, -0.2) is 21.4 Å². The Balaban J connectivity index is 1.86. The maximum atomic E-state index is 12.7. The first-order valence-electron chi connectivity index (χ1n) is 8.86. The first kappa shape index (κ1) is 18.0. The number of carbonyl (C=O) groups excluding carboxylic acids is 2. The molecule has 0 radical (unpaired) electrons. The molecule has 5 heteroatoms. The number of nitrogens with zero attached hydrogens (tertiary/aromatic N) is 2. The molecule has 0 atom stereocenters. The summed E-state index contributed by atoms with van der Waals surface area (Å²) in [5.74, 6) is -0.287. The number of carbonyl (C=O) groups is 2. The van der Waals surface area contributed by atoms with E-state index in [4.69, 9.17) is 0 Å². The minimum atomic E-state index is -0.375. The van der Waals surface area contributed by atoms with Crippen LogP contribution >= 0.6 is 0 Å². The summed E-state index contributed by atoms with van der Waals surface area (Å²) in [6, 6.07) is 9.84. The van der Waals surface area contributed by atoms with Gasteiger partial charge in [-0.3, -0.25) is 9.69 Å². The van der Waals surface area contributed by atoms with Gasteiger partial charge in [-0.1, -0.05) is 29.8 Å². The Hall–Kier alpha value is -2.82. The van der Waals surface area contributed by atoms with Gasteiger partial charge in [0.2, 0.25) is 0 Å². The monoisotopic (exact) mass is 351 g/mol. The van der Waals surface area contributed by atoms with E-state index in [2.05, 4.69) is 23.7 Å². The molecule has 1 aromatic heterocycles. The third-order valence-electron chi connectivity index (χ3n) is 4.76. The maximum absolute atomic E-state index is 12.7. The Kier molecular flexibility index (Phi) is 4.72. The van der Waals surface area contributed by atoms with Crippen LogP contribution in [0.25, 0.3) is 6.08 Å². The molecule has 3 amide bonds. The Labute approximate surface area is 154 Å². The van der Waals surface area contributed by atoms with Crippen molar-refractivity contribution in [1.29, 1.82) is 0 Å². The van der Waals surface area contributed by atoms with E-state index >= 15 is 0 Å². The van der Waals surface area contributed by atoms with Gasteiger partial charge in [0, 0.05) is 17.4 Å². The molecule has 0 aliphatic carbocycles. The van der Waals surface area contributed by atoms with Gasteiger partial charge in [0.1, 0.15) is 5.70 Å². The summed E-state index contributed by atoms with van der Waals surface area (Å²) in [6.07, 6.45) is 1.77. The summed E-state index contributed by atoms with van der Waals surface area (Å²) in [5.41, 5.74) is 5.58. The van der Waals surface area contributed by atoms with Crippen LogP contribution in [0.1, 0.15) is 48.0 Å². The molecule has 0 unspecified atom stereocenters. The summed E-state index contributed by atoms with van der Waals surface area (Å²) >= 11 is 0. The van der Waals surface area contributed by atoms with Crippen LogP contribution in [0.3, 0.4) is 0 Å². The van der Waals surface area contributed by atoms with Gasteiger partial charge in [0.15, 0.2) is 0 Å². The molecule has 1 fully saturated rings. The number of rotatable bonds is 4. The van der Waals surface area contributed by atoms with Gasteiger partial charge in [0.05, 0.1) is 6.54 Å². The first-order valence-corrected chi connectivity index (χ1v) is 8.86. The fourth-order valence-corrected chi connectivity index (χ4v) is 3.49. The molecule has 2 heterocycles. The van der Waals surface area contributed by atoms with E-state index in [1.54, 1.807) is 6.08 Å². The molecular weight excluding hydrogens is 326 g/mol. The Morgan fingerprint density at radius 3 is 2.31 bits per heavy atom. The number of urea groups is 1. The van der Waals surface area contributed by atoms with Gasteiger partial charge in [-0.25, -0.2) is 4.79 Å². The number of benzene rings is 1. The molecule has 0 spiro atoms. The van der Waals surface area contributed by atoms with E-state index in [9.17, 15) is 9.59 Å². The summed E-state index contributed by atoms with van der Waals surface area (Å²) in [6.45, 7) is 10.6. The number of hydrogen-bond acceptors (Lipinski definition) is 2. The van der Waals surface area contributed by atoms with Crippen LogP contribution in [0, 0.1) is 20.8 Å². The molecule has 1 N–H and O–H groups in total. The topological polar surface area (TPSA) is 54.3 Å². The van der Waals surface area contributed by atoms with E-state index in [0.717, 1.165) is 28.1 Å². The lowest BCUT2D eigenvalue weighted by Crippen LogP contribution is -2.30. The van der Waals surface area contributed by atoms with Crippen molar-refractivity contribution in [2.75, 3.05) is 0 Å². The van der Waals surface area contributed by atoms with Crippen LogP contribution < -0.4 is 5.32 Å². The third-order valence-corrected chi connectivity index (χ3v) is 4.76. The summed E-state index contributed by atoms with van der Waals surface area (Å²) in [7, 11) is 0. The van der Waals surface area contributed by atoms with Crippen molar-refractivity contribution in [3.8, 4) is 0 Å². The predicted molar refractivity (Wildman–Crippen MR) is 103 cm³/mol. The van der Waals surface area contributed by atoms with Crippen molar-refractivity contribution in [3.05, 3.63) is 64.1 Å². The largest absolute Gasteiger partial charge is 0.346 e. The van der Waals surface area contributed by atoms with Crippen LogP contribution in [0.15, 0.2) is 36.0 Å². The number of imide groups is 1. The fourth-order valence-electron chi connectivity index (χ4n) is 3.49. The zero-order valence-electron chi connectivity index (χ0n) is 16.0. The predicted octanol–water partition coefficient (Wildman–Crippen LogP) is 4.09. The quantitative estimate of drug-likeness (QED) is 0.666. The molecule has 136 valence electrons. The van der Waals surface area contributed by atoms with Crippen LogP contribution in [0.4, 0.5) is 4.79 Å². The van der Waals surface area contributed by atoms with E-state index < -0.39 is 0 Å². The molecule has 1 aromatic carbocycles. The molecule has 5 nitrogen and oxygen atoms in total. The van der Waals surface area contributed by atoms with E-state index in [0.29, 0.717) is 11.7 Å². The zero-order chi connectivity index (χ0) is 19.0. The van der Waals surface area contributed by atoms with Crippen molar-refractivity contribution in [2.24, 2.45) is 0 Å². The van der Waals surface area contributed by atoms with Gasteiger partial charge >= 0.3 is 6.03 Å². The second-order valence-corrected chi connectivity index (χ2v) is 7.16. The summed E-state index contributed by atoms with van der Waals surface area (Å²) in [5, 5.41) is 2.71. The normalized spacial score (nSPS) is 16.1. The van der Waals surface area contributed by atoms with E-state index in [1.807, 2.05) is 51.1 Å². The van der Waals surface area contributed by atoms with Crippen molar-refractivity contribution < 1.29 is 9.59 Å². The highest BCUT2D eigenvalue weighted by Gasteiger charge is 2.33. The van der Waals surface area contributed by atoms with Crippen LogP contribution in [0.2, 0.25) is 0 Å². The average Bonchev–Trinajstić information content (AvgIpc) is 3.00. The van der Waals surface area contributed by atoms with Crippen molar-refractivity contribution in [2.45, 2.75) is 47.2 Å². The zero-order valence-corrected chi connectivity index (χ0v) is 16.0. The lowest BCUT2D eigenvalue weighted by Gasteiger charge is -2.13. The lowest BCUT2D eigenvalue weighted by molar-refractivity contribution is -0.123. The standard InChI is InChI=1S/C21H25N3O2/c1-13(2)24-15(4)10-18(16(24)5)11-19-20(25)23(21(26)22-19)12-17-8-6-14(3)7-9-17/h6-11,13H,12H2,1-5H3,(H,22,26)/b19-11+. The molecule has 1 aliphatic heterocycles. The minimum absolute atomic E-state index is 0.271. The highest BCUT2D eigenvalue weighted by atomic mass is 16.2. The van der Waals surface area contributed by atoms with Crippen molar-refractivity contribution in [1.82, 2.24) is 14.8 Å². The second kappa shape index (κ2) is 6.83. The molecule has 1 aliphatic rings. The molecule has 3 rings (SSSR count). The molecular formula is C21H25N3O2. The van der Waals surface area contributed by atoms with E-state index in [1.165, 1.54) is 4.90 Å².